The van der Waals surface area contributed by atoms with Gasteiger partial charge in [0.1, 0.15) is 0 Å². The van der Waals surface area contributed by atoms with E-state index in [1.54, 1.807) is 4.90 Å². The van der Waals surface area contributed by atoms with Gasteiger partial charge in [0.25, 0.3) is 5.91 Å². The lowest BCUT2D eigenvalue weighted by molar-refractivity contribution is -0.127. The molecule has 1 aromatic heterocycles. The number of fused-ring (bicyclic) bond motifs is 1. The molecule has 5 rings (SSSR count). The minimum absolute atomic E-state index is 0.121. The van der Waals surface area contributed by atoms with Gasteiger partial charge in [0.15, 0.2) is 0 Å². The van der Waals surface area contributed by atoms with Crippen molar-refractivity contribution in [3.05, 3.63) is 53.6 Å². The maximum atomic E-state index is 13.6. The molecule has 2 aliphatic rings. The average Bonchev–Trinajstić information content (AvgIpc) is 3.75. The Bertz CT molecular complexity index is 1520. The molecule has 3 aromatic rings. The molecule has 242 valence electrons. The average molecular weight is 615 g/mol. The normalized spacial score (nSPS) is 16.5. The standard InChI is InChI=1S/C36H50N6O3/c1-25(36(2,3)4)37-24-27-13-8-14-28(21-27)34(45)39-35-38-30-23-29(40(5)33(44)22-26-11-6-7-12-26)16-17-31(30)42(35)20-10-19-41-18-9-15-32(41)43/h8,13-14,16-17,21,23,25-26,37H,6-7,9-12,15,18-20,22,24H2,1-5H3,(H,38,39,45)/t25-/m1/s1. The van der Waals surface area contributed by atoms with Gasteiger partial charge in [-0.25, -0.2) is 4.98 Å². The largest absolute Gasteiger partial charge is 0.343 e. The van der Waals surface area contributed by atoms with E-state index in [-0.39, 0.29) is 23.1 Å². The van der Waals surface area contributed by atoms with Gasteiger partial charge in [0.05, 0.1) is 11.0 Å². The number of hydrogen-bond donors (Lipinski definition) is 2. The molecular weight excluding hydrogens is 564 g/mol. The van der Waals surface area contributed by atoms with Crippen LogP contribution in [0.4, 0.5) is 11.6 Å². The molecule has 45 heavy (non-hydrogen) atoms. The van der Waals surface area contributed by atoms with Crippen molar-refractivity contribution in [1.29, 1.82) is 0 Å². The molecule has 9 nitrogen and oxygen atoms in total. The third kappa shape index (κ3) is 8.12. The van der Waals surface area contributed by atoms with Crippen LogP contribution in [0.2, 0.25) is 0 Å². The Morgan fingerprint density at radius 3 is 2.56 bits per heavy atom. The lowest BCUT2D eigenvalue weighted by Crippen LogP contribution is -2.37. The Morgan fingerprint density at radius 2 is 1.84 bits per heavy atom. The highest BCUT2D eigenvalue weighted by Crippen LogP contribution is 2.30. The van der Waals surface area contributed by atoms with E-state index < -0.39 is 0 Å². The molecule has 2 heterocycles. The lowest BCUT2D eigenvalue weighted by Gasteiger charge is -2.28. The van der Waals surface area contributed by atoms with E-state index in [4.69, 9.17) is 4.98 Å². The van der Waals surface area contributed by atoms with Gasteiger partial charge in [0.2, 0.25) is 17.8 Å². The Labute approximate surface area is 267 Å². The summed E-state index contributed by atoms with van der Waals surface area (Å²) in [6.45, 7) is 11.5. The quantitative estimate of drug-likeness (QED) is 0.247. The first-order valence-corrected chi connectivity index (χ1v) is 16.7. The predicted octanol–water partition coefficient (Wildman–Crippen LogP) is 6.37. The minimum Gasteiger partial charge on any atom is -0.343 e. The van der Waals surface area contributed by atoms with Crippen molar-refractivity contribution in [3.8, 4) is 0 Å². The van der Waals surface area contributed by atoms with Crippen LogP contribution in [0.1, 0.15) is 95.0 Å². The highest BCUT2D eigenvalue weighted by atomic mass is 16.2. The first-order chi connectivity index (χ1) is 21.5. The maximum Gasteiger partial charge on any atom is 0.257 e. The second-order valence-electron chi connectivity index (χ2n) is 14.0. The van der Waals surface area contributed by atoms with Gasteiger partial charge >= 0.3 is 0 Å². The van der Waals surface area contributed by atoms with Crippen molar-refractivity contribution in [2.45, 2.75) is 98.2 Å². The van der Waals surface area contributed by atoms with E-state index in [9.17, 15) is 14.4 Å². The third-order valence-electron chi connectivity index (χ3n) is 9.74. The number of likely N-dealkylation sites (tertiary alicyclic amines) is 1. The number of anilines is 2. The monoisotopic (exact) mass is 614 g/mol. The molecule has 1 saturated carbocycles. The Morgan fingerprint density at radius 1 is 1.07 bits per heavy atom. The van der Waals surface area contributed by atoms with Crippen molar-refractivity contribution in [1.82, 2.24) is 19.8 Å². The molecule has 1 saturated heterocycles. The van der Waals surface area contributed by atoms with Crippen molar-refractivity contribution < 1.29 is 14.4 Å². The lowest BCUT2D eigenvalue weighted by atomic mass is 9.88. The molecule has 0 radical (unpaired) electrons. The molecule has 2 fully saturated rings. The smallest absolute Gasteiger partial charge is 0.257 e. The van der Waals surface area contributed by atoms with Crippen molar-refractivity contribution in [2.24, 2.45) is 11.3 Å². The van der Waals surface area contributed by atoms with Crippen LogP contribution < -0.4 is 15.5 Å². The molecule has 3 amide bonds. The number of benzene rings is 2. The summed E-state index contributed by atoms with van der Waals surface area (Å²) in [5.41, 5.74) is 4.13. The van der Waals surface area contributed by atoms with Gasteiger partial charge in [-0.15, -0.1) is 0 Å². The van der Waals surface area contributed by atoms with Crippen molar-refractivity contribution >= 4 is 40.4 Å². The van der Waals surface area contributed by atoms with Crippen LogP contribution in [-0.2, 0) is 22.7 Å². The van der Waals surface area contributed by atoms with Gasteiger partial charge in [-0.2, -0.15) is 0 Å². The van der Waals surface area contributed by atoms with E-state index in [0.717, 1.165) is 54.5 Å². The van der Waals surface area contributed by atoms with E-state index in [1.807, 2.05) is 59.0 Å². The summed E-state index contributed by atoms with van der Waals surface area (Å²) in [5.74, 6) is 1.04. The van der Waals surface area contributed by atoms with Gasteiger partial charge in [0, 0.05) is 63.4 Å². The number of carbonyl (C=O) groups excluding carboxylic acids is 3. The van der Waals surface area contributed by atoms with Gasteiger partial charge in [-0.05, 0) is 79.8 Å². The fourth-order valence-electron chi connectivity index (χ4n) is 6.32. The second kappa shape index (κ2) is 14.1. The van der Waals surface area contributed by atoms with Crippen molar-refractivity contribution in [3.63, 3.8) is 0 Å². The Balaban J connectivity index is 1.35. The summed E-state index contributed by atoms with van der Waals surface area (Å²) in [4.78, 5) is 47.3. The second-order valence-corrected chi connectivity index (χ2v) is 14.0. The summed E-state index contributed by atoms with van der Waals surface area (Å²) < 4.78 is 2.02. The number of nitrogens with zero attached hydrogens (tertiary/aromatic N) is 4. The molecular formula is C36H50N6O3. The molecule has 1 aliphatic carbocycles. The minimum atomic E-state index is -0.226. The maximum absolute atomic E-state index is 13.6. The number of nitrogens with one attached hydrogen (secondary N) is 2. The molecule has 0 spiro atoms. The first kappa shape index (κ1) is 32.7. The van der Waals surface area contributed by atoms with Crippen LogP contribution in [-0.4, -0.2) is 58.4 Å². The van der Waals surface area contributed by atoms with E-state index >= 15 is 0 Å². The number of rotatable bonds is 12. The molecule has 1 aliphatic heterocycles. The third-order valence-corrected chi connectivity index (χ3v) is 9.74. The Hall–Kier alpha value is -3.72. The first-order valence-electron chi connectivity index (χ1n) is 16.7. The highest BCUT2D eigenvalue weighted by molar-refractivity contribution is 6.04. The summed E-state index contributed by atoms with van der Waals surface area (Å²) in [7, 11) is 1.83. The van der Waals surface area contributed by atoms with E-state index in [2.05, 4.69) is 38.3 Å². The van der Waals surface area contributed by atoms with Crippen LogP contribution in [0.25, 0.3) is 11.0 Å². The predicted molar refractivity (Wildman–Crippen MR) is 180 cm³/mol. The molecule has 2 aromatic carbocycles. The fourth-order valence-corrected chi connectivity index (χ4v) is 6.32. The molecule has 2 N–H and O–H groups in total. The van der Waals surface area contributed by atoms with Gasteiger partial charge in [-0.3, -0.25) is 19.7 Å². The van der Waals surface area contributed by atoms with Crippen LogP contribution in [0, 0.1) is 11.3 Å². The number of aromatic nitrogens is 2. The number of carbonyl (C=O) groups is 3. The number of amides is 3. The Kier molecular flexibility index (Phi) is 10.3. The zero-order valence-corrected chi connectivity index (χ0v) is 27.7. The number of hydrogen-bond acceptors (Lipinski definition) is 5. The molecule has 0 unspecified atom stereocenters. The number of imidazole rings is 1. The van der Waals surface area contributed by atoms with Crippen LogP contribution in [0.3, 0.4) is 0 Å². The summed E-state index contributed by atoms with van der Waals surface area (Å²) in [6, 6.07) is 13.9. The van der Waals surface area contributed by atoms with Crippen LogP contribution in [0.15, 0.2) is 42.5 Å². The van der Waals surface area contributed by atoms with Crippen molar-refractivity contribution in [2.75, 3.05) is 30.4 Å². The van der Waals surface area contributed by atoms with Gasteiger partial charge in [-0.1, -0.05) is 45.7 Å². The SMILES string of the molecule is C[C@@H](NCc1cccc(C(=O)Nc2nc3cc(N(C)C(=O)CC4CCCC4)ccc3n2CCCN2CCCC2=O)c1)C(C)(C)C. The molecule has 1 atom stereocenters. The van der Waals surface area contributed by atoms with E-state index in [1.165, 1.54) is 12.8 Å². The summed E-state index contributed by atoms with van der Waals surface area (Å²) in [6.07, 6.45) is 7.53. The van der Waals surface area contributed by atoms with Crippen LogP contribution >= 0.6 is 0 Å². The summed E-state index contributed by atoms with van der Waals surface area (Å²) >= 11 is 0. The van der Waals surface area contributed by atoms with Gasteiger partial charge < -0.3 is 19.7 Å². The zero-order chi connectivity index (χ0) is 32.1. The topological polar surface area (TPSA) is 99.6 Å². The fraction of sp³-hybridized carbons (Fsp3) is 0.556. The zero-order valence-electron chi connectivity index (χ0n) is 27.7. The van der Waals surface area contributed by atoms with E-state index in [0.29, 0.717) is 55.9 Å². The van der Waals surface area contributed by atoms with Crippen LogP contribution in [0.5, 0.6) is 0 Å². The molecule has 0 bridgehead atoms. The molecule has 9 heteroatoms. The highest BCUT2D eigenvalue weighted by Gasteiger charge is 2.24. The number of aryl methyl sites for hydroxylation is 1. The summed E-state index contributed by atoms with van der Waals surface area (Å²) in [5, 5.41) is 6.64.